The topological polar surface area (TPSA) is 70.1 Å². The lowest BCUT2D eigenvalue weighted by atomic mass is 10.1. The van der Waals surface area contributed by atoms with E-state index < -0.39 is 5.56 Å². The summed E-state index contributed by atoms with van der Waals surface area (Å²) >= 11 is 5.81. The quantitative estimate of drug-likeness (QED) is 0.658. The molecule has 0 aliphatic heterocycles. The van der Waals surface area contributed by atoms with Crippen LogP contribution >= 0.6 is 11.6 Å². The maximum atomic E-state index is 11.2. The van der Waals surface area contributed by atoms with Gasteiger partial charge in [-0.15, -0.1) is 0 Å². The Morgan fingerprint density at radius 1 is 1.39 bits per heavy atom. The number of hydrazone groups is 1. The van der Waals surface area contributed by atoms with Gasteiger partial charge in [0.25, 0.3) is 5.56 Å². The summed E-state index contributed by atoms with van der Waals surface area (Å²) in [6, 6.07) is 9.67. The van der Waals surface area contributed by atoms with Crippen molar-refractivity contribution in [2.24, 2.45) is 5.10 Å². The molecule has 0 bridgehead atoms. The van der Waals surface area contributed by atoms with Crippen molar-refractivity contribution in [3.05, 3.63) is 57.5 Å². The molecule has 0 aliphatic rings. The minimum atomic E-state index is -0.450. The van der Waals surface area contributed by atoms with Gasteiger partial charge in [0.2, 0.25) is 0 Å². The molecule has 92 valence electrons. The van der Waals surface area contributed by atoms with Crippen LogP contribution in [0.3, 0.4) is 0 Å². The third kappa shape index (κ3) is 2.75. The molecule has 0 unspecified atom stereocenters. The Bertz CT molecular complexity index is 621. The van der Waals surface area contributed by atoms with Gasteiger partial charge in [-0.2, -0.15) is 10.2 Å². The summed E-state index contributed by atoms with van der Waals surface area (Å²) in [4.78, 5) is 11.2. The van der Waals surface area contributed by atoms with Crippen LogP contribution in [-0.4, -0.2) is 15.9 Å². The molecule has 0 amide bonds. The number of anilines is 1. The van der Waals surface area contributed by atoms with Crippen LogP contribution in [0.4, 0.5) is 5.69 Å². The van der Waals surface area contributed by atoms with Gasteiger partial charge in [-0.25, -0.2) is 5.10 Å². The highest BCUT2D eigenvalue weighted by Crippen LogP contribution is 2.14. The van der Waals surface area contributed by atoms with Crippen molar-refractivity contribution in [1.82, 2.24) is 10.2 Å². The molecule has 1 aromatic heterocycles. The van der Waals surface area contributed by atoms with E-state index in [0.717, 1.165) is 11.3 Å². The van der Waals surface area contributed by atoms with E-state index >= 15 is 0 Å². The van der Waals surface area contributed by atoms with E-state index in [2.05, 4.69) is 20.7 Å². The number of nitrogens with one attached hydrogen (secondary N) is 2. The molecule has 2 aromatic rings. The number of nitrogens with zero attached hydrogens (tertiary/aromatic N) is 2. The molecule has 0 radical (unpaired) electrons. The molecule has 0 saturated carbocycles. The van der Waals surface area contributed by atoms with Gasteiger partial charge in [0.15, 0.2) is 0 Å². The summed E-state index contributed by atoms with van der Waals surface area (Å²) in [5.41, 5.74) is 4.42. The molecule has 18 heavy (non-hydrogen) atoms. The zero-order chi connectivity index (χ0) is 13.0. The largest absolute Gasteiger partial charge is 0.285 e. The van der Waals surface area contributed by atoms with Crippen molar-refractivity contribution >= 4 is 23.0 Å². The van der Waals surface area contributed by atoms with Crippen molar-refractivity contribution in [3.8, 4) is 0 Å². The zero-order valence-electron chi connectivity index (χ0n) is 9.64. The molecule has 0 spiro atoms. The molecule has 0 aliphatic carbocycles. The average Bonchev–Trinajstić information content (AvgIpc) is 2.41. The van der Waals surface area contributed by atoms with Crippen LogP contribution in [0.2, 0.25) is 5.02 Å². The van der Waals surface area contributed by atoms with Crippen LogP contribution in [0.15, 0.2) is 46.4 Å². The average molecular weight is 263 g/mol. The Hall–Kier alpha value is -2.14. The third-order valence-electron chi connectivity index (χ3n) is 2.33. The molecule has 0 atom stereocenters. The number of halogens is 1. The summed E-state index contributed by atoms with van der Waals surface area (Å²) in [6.45, 7) is 1.86. The van der Waals surface area contributed by atoms with Gasteiger partial charge in [-0.1, -0.05) is 41.9 Å². The first-order valence-corrected chi connectivity index (χ1v) is 5.65. The fourth-order valence-electron chi connectivity index (χ4n) is 1.35. The van der Waals surface area contributed by atoms with E-state index in [0.29, 0.717) is 5.69 Å². The SMILES string of the molecule is CC(=NNc1cn[nH]c(=O)c1Cl)c1ccccc1. The minimum absolute atomic E-state index is 0.0367. The number of hydrogen-bond acceptors (Lipinski definition) is 4. The Kier molecular flexibility index (Phi) is 3.74. The van der Waals surface area contributed by atoms with Crippen LogP contribution in [-0.2, 0) is 0 Å². The summed E-state index contributed by atoms with van der Waals surface area (Å²) in [7, 11) is 0. The fraction of sp³-hybridized carbons (Fsp3) is 0.0833. The van der Waals surface area contributed by atoms with E-state index in [1.165, 1.54) is 6.20 Å². The highest BCUT2D eigenvalue weighted by molar-refractivity contribution is 6.32. The monoisotopic (exact) mass is 262 g/mol. The van der Waals surface area contributed by atoms with E-state index in [1.807, 2.05) is 37.3 Å². The number of aromatic nitrogens is 2. The zero-order valence-corrected chi connectivity index (χ0v) is 10.4. The van der Waals surface area contributed by atoms with Crippen molar-refractivity contribution in [3.63, 3.8) is 0 Å². The molecule has 0 fully saturated rings. The van der Waals surface area contributed by atoms with E-state index in [-0.39, 0.29) is 5.02 Å². The number of rotatable bonds is 3. The molecule has 6 heteroatoms. The van der Waals surface area contributed by atoms with Gasteiger partial charge < -0.3 is 0 Å². The third-order valence-corrected chi connectivity index (χ3v) is 2.71. The molecule has 1 aromatic carbocycles. The first kappa shape index (κ1) is 12.3. The first-order chi connectivity index (χ1) is 8.68. The van der Waals surface area contributed by atoms with Gasteiger partial charge in [-0.3, -0.25) is 10.2 Å². The van der Waals surface area contributed by atoms with Gasteiger partial charge in [0, 0.05) is 0 Å². The van der Waals surface area contributed by atoms with Crippen molar-refractivity contribution in [1.29, 1.82) is 0 Å². The normalized spacial score (nSPS) is 11.3. The predicted molar refractivity (Wildman–Crippen MR) is 72.1 cm³/mol. The van der Waals surface area contributed by atoms with Crippen molar-refractivity contribution < 1.29 is 0 Å². The molecule has 2 rings (SSSR count). The smallest absolute Gasteiger partial charge is 0.275 e. The Morgan fingerprint density at radius 3 is 2.83 bits per heavy atom. The van der Waals surface area contributed by atoms with Crippen LogP contribution in [0.5, 0.6) is 0 Å². The molecule has 0 saturated heterocycles. The number of benzene rings is 1. The van der Waals surface area contributed by atoms with Crippen LogP contribution in [0, 0.1) is 0 Å². The summed E-state index contributed by atoms with van der Waals surface area (Å²) in [6.07, 6.45) is 1.41. The second-order valence-electron chi connectivity index (χ2n) is 3.60. The number of H-pyrrole nitrogens is 1. The van der Waals surface area contributed by atoms with Crippen LogP contribution < -0.4 is 11.0 Å². The highest BCUT2D eigenvalue weighted by atomic mass is 35.5. The number of hydrogen-bond donors (Lipinski definition) is 2. The Labute approximate surface area is 109 Å². The molecule has 5 nitrogen and oxygen atoms in total. The minimum Gasteiger partial charge on any atom is -0.275 e. The first-order valence-electron chi connectivity index (χ1n) is 5.27. The lowest BCUT2D eigenvalue weighted by Crippen LogP contribution is -2.10. The van der Waals surface area contributed by atoms with Crippen molar-refractivity contribution in [2.45, 2.75) is 6.92 Å². The Morgan fingerprint density at radius 2 is 2.11 bits per heavy atom. The molecule has 2 N–H and O–H groups in total. The Balaban J connectivity index is 2.21. The van der Waals surface area contributed by atoms with E-state index in [9.17, 15) is 4.79 Å². The predicted octanol–water partition coefficient (Wildman–Crippen LogP) is 2.26. The lowest BCUT2D eigenvalue weighted by Gasteiger charge is -2.03. The van der Waals surface area contributed by atoms with Crippen molar-refractivity contribution in [2.75, 3.05) is 5.43 Å². The summed E-state index contributed by atoms with van der Waals surface area (Å²) in [5, 5.41) is 10.1. The number of aromatic amines is 1. The van der Waals surface area contributed by atoms with Gasteiger partial charge in [0.05, 0.1) is 11.9 Å². The highest BCUT2D eigenvalue weighted by Gasteiger charge is 2.03. The maximum absolute atomic E-state index is 11.2. The standard InChI is InChI=1S/C12H11ClN4O/c1-8(9-5-3-2-4-6-9)15-16-10-7-14-17-12(18)11(10)13/h2-7H,1H3,(H2,16,17,18). The second kappa shape index (κ2) is 5.46. The fourth-order valence-corrected chi connectivity index (χ4v) is 1.48. The van der Waals surface area contributed by atoms with E-state index in [4.69, 9.17) is 11.6 Å². The summed E-state index contributed by atoms with van der Waals surface area (Å²) < 4.78 is 0. The van der Waals surface area contributed by atoms with E-state index in [1.54, 1.807) is 0 Å². The second-order valence-corrected chi connectivity index (χ2v) is 3.98. The summed E-state index contributed by atoms with van der Waals surface area (Å²) in [5.74, 6) is 0. The van der Waals surface area contributed by atoms with Gasteiger partial charge >= 0.3 is 0 Å². The van der Waals surface area contributed by atoms with Crippen LogP contribution in [0.1, 0.15) is 12.5 Å². The van der Waals surface area contributed by atoms with Crippen LogP contribution in [0.25, 0.3) is 0 Å². The molecular weight excluding hydrogens is 252 g/mol. The lowest BCUT2D eigenvalue weighted by molar-refractivity contribution is 0.986. The van der Waals surface area contributed by atoms with Gasteiger partial charge in [-0.05, 0) is 12.5 Å². The molecular formula is C12H11ClN4O. The maximum Gasteiger partial charge on any atom is 0.285 e. The molecule has 1 heterocycles. The van der Waals surface area contributed by atoms with Gasteiger partial charge in [0.1, 0.15) is 10.7 Å².